The summed E-state index contributed by atoms with van der Waals surface area (Å²) < 4.78 is 32.7. The van der Waals surface area contributed by atoms with Gasteiger partial charge >= 0.3 is 0 Å². The van der Waals surface area contributed by atoms with Crippen molar-refractivity contribution in [2.45, 2.75) is 25.4 Å². The van der Waals surface area contributed by atoms with Crippen LogP contribution in [0.3, 0.4) is 0 Å². The van der Waals surface area contributed by atoms with Crippen molar-refractivity contribution in [3.63, 3.8) is 0 Å². The van der Waals surface area contributed by atoms with Crippen molar-refractivity contribution in [3.05, 3.63) is 102 Å². The van der Waals surface area contributed by atoms with E-state index in [4.69, 9.17) is 4.42 Å². The molecule has 11 nitrogen and oxygen atoms in total. The zero-order chi connectivity index (χ0) is 30.9. The second-order valence-electron chi connectivity index (χ2n) is 9.42. The molecule has 2 atom stereocenters. The number of carbonyl (C=O) groups is 4. The fraction of sp³-hybridized carbons (Fsp3) is 0.167. The molecule has 0 saturated carbocycles. The first-order chi connectivity index (χ1) is 20.6. The third-order valence-electron chi connectivity index (χ3n) is 6.14. The van der Waals surface area contributed by atoms with Crippen molar-refractivity contribution in [2.24, 2.45) is 0 Å². The number of aromatic nitrogens is 1. The van der Waals surface area contributed by atoms with Crippen molar-refractivity contribution in [1.82, 2.24) is 20.9 Å². The summed E-state index contributed by atoms with van der Waals surface area (Å²) in [5.41, 5.74) is 0.883. The predicted molar refractivity (Wildman–Crippen MR) is 151 cm³/mol. The first-order valence-corrected chi connectivity index (χ1v) is 13.0. The van der Waals surface area contributed by atoms with Crippen LogP contribution in [0.1, 0.15) is 23.0 Å². The topological polar surface area (TPSA) is 163 Å². The van der Waals surface area contributed by atoms with Crippen LogP contribution in [0.5, 0.6) is 5.75 Å². The summed E-state index contributed by atoms with van der Waals surface area (Å²) in [6.45, 7) is 0.854. The van der Waals surface area contributed by atoms with Gasteiger partial charge in [0.2, 0.25) is 23.6 Å². The van der Waals surface area contributed by atoms with Gasteiger partial charge in [-0.1, -0.05) is 30.3 Å². The Morgan fingerprint density at radius 1 is 0.930 bits per heavy atom. The number of hydrogen-bond donors (Lipinski definition) is 5. The number of carbonyl (C=O) groups excluding carboxylic acids is 4. The van der Waals surface area contributed by atoms with Gasteiger partial charge in [-0.25, -0.2) is 13.8 Å². The first-order valence-electron chi connectivity index (χ1n) is 13.0. The molecule has 43 heavy (non-hydrogen) atoms. The Morgan fingerprint density at radius 2 is 1.65 bits per heavy atom. The molecule has 0 aliphatic rings. The number of hydrogen-bond acceptors (Lipinski definition) is 7. The van der Waals surface area contributed by atoms with Gasteiger partial charge in [-0.05, 0) is 48.9 Å². The molecule has 4 amide bonds. The number of nitrogens with zero attached hydrogens (tertiary/aromatic N) is 1. The van der Waals surface area contributed by atoms with Gasteiger partial charge in [0.15, 0.2) is 5.69 Å². The molecular formula is C30H27F2N5O6. The molecule has 0 unspecified atom stereocenters. The van der Waals surface area contributed by atoms with Crippen LogP contribution in [0.2, 0.25) is 0 Å². The van der Waals surface area contributed by atoms with Crippen molar-refractivity contribution in [1.29, 1.82) is 0 Å². The lowest BCUT2D eigenvalue weighted by atomic mass is 10.0. The van der Waals surface area contributed by atoms with Crippen LogP contribution in [0.15, 0.2) is 83.5 Å². The molecule has 3 aromatic carbocycles. The number of nitrogens with one attached hydrogen (secondary N) is 4. The number of halogens is 2. The number of rotatable bonds is 11. The highest BCUT2D eigenvalue weighted by Crippen LogP contribution is 2.18. The van der Waals surface area contributed by atoms with Gasteiger partial charge in [0.1, 0.15) is 35.7 Å². The lowest BCUT2D eigenvalue weighted by Crippen LogP contribution is -2.51. The van der Waals surface area contributed by atoms with Crippen LogP contribution < -0.4 is 21.3 Å². The van der Waals surface area contributed by atoms with Gasteiger partial charge in [0.05, 0.1) is 12.2 Å². The molecule has 222 valence electrons. The number of amides is 4. The van der Waals surface area contributed by atoms with E-state index in [0.717, 1.165) is 18.4 Å². The molecule has 4 aromatic rings. The summed E-state index contributed by atoms with van der Waals surface area (Å²) in [5.74, 6) is -4.54. The van der Waals surface area contributed by atoms with Gasteiger partial charge in [-0.3, -0.25) is 19.2 Å². The highest BCUT2D eigenvalue weighted by Gasteiger charge is 2.24. The molecule has 1 heterocycles. The van der Waals surface area contributed by atoms with E-state index in [1.165, 1.54) is 31.2 Å². The van der Waals surface area contributed by atoms with E-state index in [0.29, 0.717) is 17.2 Å². The van der Waals surface area contributed by atoms with E-state index < -0.39 is 53.9 Å². The Kier molecular flexibility index (Phi) is 9.78. The Labute approximate surface area is 244 Å². The lowest BCUT2D eigenvalue weighted by Gasteiger charge is -2.20. The second kappa shape index (κ2) is 13.9. The molecule has 13 heteroatoms. The Balaban J connectivity index is 1.33. The average Bonchev–Trinajstić information content (AvgIpc) is 3.49. The van der Waals surface area contributed by atoms with Gasteiger partial charge in [0.25, 0.3) is 5.91 Å². The summed E-state index contributed by atoms with van der Waals surface area (Å²) in [4.78, 5) is 54.9. The van der Waals surface area contributed by atoms with Crippen molar-refractivity contribution in [2.75, 3.05) is 11.9 Å². The number of aromatic hydroxyl groups is 1. The van der Waals surface area contributed by atoms with Crippen molar-refractivity contribution >= 4 is 29.3 Å². The van der Waals surface area contributed by atoms with E-state index in [1.807, 2.05) is 6.07 Å². The molecule has 0 radical (unpaired) electrons. The van der Waals surface area contributed by atoms with E-state index in [9.17, 15) is 33.1 Å². The van der Waals surface area contributed by atoms with Crippen LogP contribution >= 0.6 is 0 Å². The Bertz CT molecular complexity index is 1610. The minimum atomic E-state index is -1.23. The molecule has 0 aliphatic carbocycles. The van der Waals surface area contributed by atoms with E-state index >= 15 is 0 Å². The standard InChI is InChI=1S/C30H27F2N5O6/c1-17(34-29(42)25-16-43-30(37-25)19-5-3-2-4-6-19)27(40)33-15-26(39)35-24(13-18-7-10-21(38)11-8-18)28(41)36-23-12-9-20(31)14-22(23)32/h2-12,14,16-17,24,38H,13,15H2,1H3,(H,33,40)(H,34,42)(H,35,39)(H,36,41)/t17-,24-/m0/s1. The maximum absolute atomic E-state index is 14.1. The largest absolute Gasteiger partial charge is 0.508 e. The van der Waals surface area contributed by atoms with Crippen LogP contribution in [0, 0.1) is 11.6 Å². The van der Waals surface area contributed by atoms with Crippen LogP contribution in [-0.2, 0) is 20.8 Å². The fourth-order valence-corrected chi connectivity index (χ4v) is 3.88. The van der Waals surface area contributed by atoms with E-state index in [2.05, 4.69) is 26.3 Å². The molecule has 5 N–H and O–H groups in total. The first kappa shape index (κ1) is 30.4. The fourth-order valence-electron chi connectivity index (χ4n) is 3.88. The van der Waals surface area contributed by atoms with Crippen molar-refractivity contribution < 1.29 is 37.5 Å². The molecule has 4 rings (SSSR count). The normalized spacial score (nSPS) is 12.1. The average molecular weight is 592 g/mol. The molecule has 0 spiro atoms. The predicted octanol–water partition coefficient (Wildman–Crippen LogP) is 2.93. The SMILES string of the molecule is C[C@H](NC(=O)c1coc(-c2ccccc2)n1)C(=O)NCC(=O)N[C@@H](Cc1ccc(O)cc1)C(=O)Nc1ccc(F)cc1F. The van der Waals surface area contributed by atoms with Crippen molar-refractivity contribution in [3.8, 4) is 17.2 Å². The number of phenolic OH excluding ortho intramolecular Hbond substituents is 1. The zero-order valence-electron chi connectivity index (χ0n) is 22.8. The third-order valence-corrected chi connectivity index (χ3v) is 6.14. The Hall–Kier alpha value is -5.59. The molecule has 0 aliphatic heterocycles. The van der Waals surface area contributed by atoms with Crippen LogP contribution in [0.25, 0.3) is 11.5 Å². The lowest BCUT2D eigenvalue weighted by molar-refractivity contribution is -0.128. The summed E-state index contributed by atoms with van der Waals surface area (Å²) in [7, 11) is 0. The summed E-state index contributed by atoms with van der Waals surface area (Å²) in [5, 5.41) is 19.2. The monoisotopic (exact) mass is 591 g/mol. The molecule has 1 aromatic heterocycles. The minimum absolute atomic E-state index is 0.00807. The molecular weight excluding hydrogens is 564 g/mol. The Morgan fingerprint density at radius 3 is 2.35 bits per heavy atom. The van der Waals surface area contributed by atoms with Gasteiger partial charge in [-0.15, -0.1) is 0 Å². The number of oxazole rings is 1. The molecule has 0 fully saturated rings. The van der Waals surface area contributed by atoms with Gasteiger partial charge in [-0.2, -0.15) is 0 Å². The van der Waals surface area contributed by atoms with Gasteiger partial charge in [0, 0.05) is 18.1 Å². The zero-order valence-corrected chi connectivity index (χ0v) is 22.8. The second-order valence-corrected chi connectivity index (χ2v) is 9.42. The summed E-state index contributed by atoms with van der Waals surface area (Å²) >= 11 is 0. The highest BCUT2D eigenvalue weighted by molar-refractivity contribution is 5.99. The number of benzene rings is 3. The number of phenols is 1. The van der Waals surface area contributed by atoms with Crippen LogP contribution in [0.4, 0.5) is 14.5 Å². The quantitative estimate of drug-likeness (QED) is 0.179. The smallest absolute Gasteiger partial charge is 0.273 e. The van der Waals surface area contributed by atoms with Crippen LogP contribution in [-0.4, -0.2) is 52.3 Å². The molecule has 0 saturated heterocycles. The van der Waals surface area contributed by atoms with E-state index in [1.54, 1.807) is 24.3 Å². The summed E-state index contributed by atoms with van der Waals surface area (Å²) in [6, 6.07) is 15.1. The summed E-state index contributed by atoms with van der Waals surface area (Å²) in [6.07, 6.45) is 1.11. The third kappa shape index (κ3) is 8.45. The number of anilines is 1. The molecule has 0 bridgehead atoms. The van der Waals surface area contributed by atoms with Gasteiger partial charge < -0.3 is 30.8 Å². The highest BCUT2D eigenvalue weighted by atomic mass is 19.1. The maximum Gasteiger partial charge on any atom is 0.273 e. The minimum Gasteiger partial charge on any atom is -0.508 e. The van der Waals surface area contributed by atoms with E-state index in [-0.39, 0.29) is 29.4 Å². The maximum atomic E-state index is 14.1.